The largest absolute Gasteiger partial charge is 0.370 e. The van der Waals surface area contributed by atoms with Gasteiger partial charge in [-0.2, -0.15) is 0 Å². The number of guanidine groups is 1. The van der Waals surface area contributed by atoms with Crippen LogP contribution in [0, 0.1) is 13.8 Å². The van der Waals surface area contributed by atoms with Gasteiger partial charge in [0.15, 0.2) is 5.96 Å². The topological polar surface area (TPSA) is 79.5 Å². The second-order valence-electron chi connectivity index (χ2n) is 4.93. The molecular weight excluding hydrogens is 367 g/mol. The number of nitrogens with one attached hydrogen (secondary N) is 2. The molecule has 0 aromatic heterocycles. The Labute approximate surface area is 137 Å². The van der Waals surface area contributed by atoms with Crippen molar-refractivity contribution in [2.45, 2.75) is 33.7 Å². The highest BCUT2D eigenvalue weighted by Gasteiger charge is 2.02. The maximum absolute atomic E-state index is 11.4. The van der Waals surface area contributed by atoms with Crippen molar-refractivity contribution in [1.29, 1.82) is 0 Å². The molecule has 0 heterocycles. The summed E-state index contributed by atoms with van der Waals surface area (Å²) in [6.45, 7) is 7.86. The molecule has 0 unspecified atom stereocenters. The SMILES string of the molecule is Cc1cc(C)cc(NC(N)=NCC(=O)NC(C)C)c1.I. The molecule has 0 atom stereocenters. The van der Waals surface area contributed by atoms with Crippen molar-refractivity contribution in [2.24, 2.45) is 10.7 Å². The van der Waals surface area contributed by atoms with Gasteiger partial charge in [0.2, 0.25) is 5.91 Å². The van der Waals surface area contributed by atoms with Gasteiger partial charge in [-0.05, 0) is 51.0 Å². The Morgan fingerprint density at radius 3 is 2.30 bits per heavy atom. The fraction of sp³-hybridized carbons (Fsp3) is 0.429. The summed E-state index contributed by atoms with van der Waals surface area (Å²) in [5, 5.41) is 5.73. The van der Waals surface area contributed by atoms with Gasteiger partial charge in [0.25, 0.3) is 0 Å². The Balaban J connectivity index is 0.00000361. The molecule has 0 aliphatic rings. The minimum Gasteiger partial charge on any atom is -0.370 e. The first-order chi connectivity index (χ1) is 8.86. The van der Waals surface area contributed by atoms with Crippen LogP contribution in [-0.2, 0) is 4.79 Å². The van der Waals surface area contributed by atoms with Gasteiger partial charge in [-0.15, -0.1) is 24.0 Å². The van der Waals surface area contributed by atoms with E-state index in [1.54, 1.807) is 0 Å². The number of hydrogen-bond donors (Lipinski definition) is 3. The van der Waals surface area contributed by atoms with E-state index in [0.717, 1.165) is 16.8 Å². The highest BCUT2D eigenvalue weighted by molar-refractivity contribution is 14.0. The van der Waals surface area contributed by atoms with Gasteiger partial charge in [0.05, 0.1) is 0 Å². The highest BCUT2D eigenvalue weighted by atomic mass is 127. The number of rotatable bonds is 4. The standard InChI is InChI=1S/C14H22N4O.HI/c1-9(2)17-13(19)8-16-14(15)18-12-6-10(3)5-11(4)7-12;/h5-7,9H,8H2,1-4H3,(H,17,19)(H3,15,16,18);1H. The zero-order valence-electron chi connectivity index (χ0n) is 12.4. The number of carbonyl (C=O) groups is 1. The van der Waals surface area contributed by atoms with Crippen LogP contribution in [0.15, 0.2) is 23.2 Å². The Bertz CT molecular complexity index is 466. The number of aliphatic imine (C=N–C) groups is 1. The van der Waals surface area contributed by atoms with Gasteiger partial charge in [0, 0.05) is 11.7 Å². The fourth-order valence-corrected chi connectivity index (χ4v) is 1.76. The summed E-state index contributed by atoms with van der Waals surface area (Å²) in [7, 11) is 0. The number of aryl methyl sites for hydroxylation is 2. The zero-order valence-corrected chi connectivity index (χ0v) is 14.7. The average molecular weight is 390 g/mol. The van der Waals surface area contributed by atoms with E-state index < -0.39 is 0 Å². The summed E-state index contributed by atoms with van der Waals surface area (Å²) < 4.78 is 0. The molecule has 1 aromatic carbocycles. The molecule has 0 radical (unpaired) electrons. The first kappa shape index (κ1) is 18.7. The lowest BCUT2D eigenvalue weighted by molar-refractivity contribution is -0.120. The molecule has 0 aliphatic heterocycles. The van der Waals surface area contributed by atoms with Crippen molar-refractivity contribution in [1.82, 2.24) is 5.32 Å². The predicted octanol–water partition coefficient (Wildman–Crippen LogP) is 2.17. The van der Waals surface area contributed by atoms with Crippen molar-refractivity contribution in [3.63, 3.8) is 0 Å². The maximum atomic E-state index is 11.4. The van der Waals surface area contributed by atoms with E-state index in [1.807, 2.05) is 39.8 Å². The third-order valence-electron chi connectivity index (χ3n) is 2.34. The molecule has 0 aliphatic carbocycles. The van der Waals surface area contributed by atoms with E-state index in [2.05, 4.69) is 21.7 Å². The molecule has 4 N–H and O–H groups in total. The van der Waals surface area contributed by atoms with Crippen LogP contribution in [-0.4, -0.2) is 24.5 Å². The van der Waals surface area contributed by atoms with Gasteiger partial charge in [-0.25, -0.2) is 4.99 Å². The molecule has 1 aromatic rings. The minimum atomic E-state index is -0.139. The van der Waals surface area contributed by atoms with Crippen LogP contribution in [0.5, 0.6) is 0 Å². The summed E-state index contributed by atoms with van der Waals surface area (Å²) in [4.78, 5) is 15.4. The number of anilines is 1. The van der Waals surface area contributed by atoms with Gasteiger partial charge < -0.3 is 16.4 Å². The Kier molecular flexibility index (Phi) is 8.21. The maximum Gasteiger partial charge on any atom is 0.242 e. The molecule has 0 saturated heterocycles. The molecule has 1 rings (SSSR count). The van der Waals surface area contributed by atoms with Crippen molar-refractivity contribution in [3.05, 3.63) is 29.3 Å². The number of nitrogens with two attached hydrogens (primary N) is 1. The lowest BCUT2D eigenvalue weighted by Gasteiger charge is -2.09. The molecule has 112 valence electrons. The average Bonchev–Trinajstić information content (AvgIpc) is 2.23. The monoisotopic (exact) mass is 390 g/mol. The molecule has 0 saturated carbocycles. The van der Waals surface area contributed by atoms with Gasteiger partial charge >= 0.3 is 0 Å². The summed E-state index contributed by atoms with van der Waals surface area (Å²) in [6, 6.07) is 6.14. The van der Waals surface area contributed by atoms with Crippen LogP contribution >= 0.6 is 24.0 Å². The molecule has 1 amide bonds. The van der Waals surface area contributed by atoms with Crippen LogP contribution in [0.2, 0.25) is 0 Å². The third kappa shape index (κ3) is 7.32. The van der Waals surface area contributed by atoms with E-state index in [4.69, 9.17) is 5.73 Å². The Morgan fingerprint density at radius 1 is 1.25 bits per heavy atom. The van der Waals surface area contributed by atoms with Crippen molar-refractivity contribution >= 4 is 41.5 Å². The van der Waals surface area contributed by atoms with E-state index in [1.165, 1.54) is 0 Å². The quantitative estimate of drug-likeness (QED) is 0.419. The zero-order chi connectivity index (χ0) is 14.4. The molecule has 5 nitrogen and oxygen atoms in total. The first-order valence-electron chi connectivity index (χ1n) is 6.31. The first-order valence-corrected chi connectivity index (χ1v) is 6.31. The number of hydrogen-bond acceptors (Lipinski definition) is 2. The molecule has 0 spiro atoms. The van der Waals surface area contributed by atoms with Gasteiger partial charge in [-0.3, -0.25) is 4.79 Å². The normalized spacial score (nSPS) is 10.9. The van der Waals surface area contributed by atoms with Crippen LogP contribution in [0.4, 0.5) is 5.69 Å². The Morgan fingerprint density at radius 2 is 1.80 bits per heavy atom. The number of carbonyl (C=O) groups excluding carboxylic acids is 1. The van der Waals surface area contributed by atoms with Crippen LogP contribution in [0.1, 0.15) is 25.0 Å². The van der Waals surface area contributed by atoms with E-state index >= 15 is 0 Å². The lowest BCUT2D eigenvalue weighted by atomic mass is 10.1. The summed E-state index contributed by atoms with van der Waals surface area (Å²) in [5.41, 5.74) is 8.91. The number of amides is 1. The summed E-state index contributed by atoms with van der Waals surface area (Å²) in [5.74, 6) is 0.101. The van der Waals surface area contributed by atoms with Crippen LogP contribution in [0.3, 0.4) is 0 Å². The van der Waals surface area contributed by atoms with E-state index in [0.29, 0.717) is 0 Å². The second-order valence-corrected chi connectivity index (χ2v) is 4.93. The smallest absolute Gasteiger partial charge is 0.242 e. The van der Waals surface area contributed by atoms with Crippen molar-refractivity contribution in [2.75, 3.05) is 11.9 Å². The molecule has 0 bridgehead atoms. The summed E-state index contributed by atoms with van der Waals surface area (Å²) in [6.07, 6.45) is 0. The number of halogens is 1. The van der Waals surface area contributed by atoms with E-state index in [-0.39, 0.29) is 48.4 Å². The minimum absolute atomic E-state index is 0. The lowest BCUT2D eigenvalue weighted by Crippen LogP contribution is -2.33. The fourth-order valence-electron chi connectivity index (χ4n) is 1.76. The van der Waals surface area contributed by atoms with Crippen LogP contribution in [0.25, 0.3) is 0 Å². The molecule has 0 fully saturated rings. The third-order valence-corrected chi connectivity index (χ3v) is 2.34. The highest BCUT2D eigenvalue weighted by Crippen LogP contribution is 2.13. The second kappa shape index (κ2) is 8.78. The summed E-state index contributed by atoms with van der Waals surface area (Å²) >= 11 is 0. The molecular formula is C14H23IN4O. The number of nitrogens with zero attached hydrogens (tertiary/aromatic N) is 1. The van der Waals surface area contributed by atoms with E-state index in [9.17, 15) is 4.79 Å². The van der Waals surface area contributed by atoms with Crippen molar-refractivity contribution in [3.8, 4) is 0 Å². The van der Waals surface area contributed by atoms with Crippen LogP contribution < -0.4 is 16.4 Å². The van der Waals surface area contributed by atoms with Gasteiger partial charge in [-0.1, -0.05) is 6.07 Å². The molecule has 6 heteroatoms. The Hall–Kier alpha value is -1.31. The van der Waals surface area contributed by atoms with Gasteiger partial charge in [0.1, 0.15) is 6.54 Å². The number of benzene rings is 1. The predicted molar refractivity (Wildman–Crippen MR) is 94.7 cm³/mol. The molecule has 20 heavy (non-hydrogen) atoms. The van der Waals surface area contributed by atoms with Crippen molar-refractivity contribution < 1.29 is 4.79 Å².